The number of rotatable bonds is 7. The molecule has 0 spiro atoms. The first-order chi connectivity index (χ1) is 16.2. The Hall–Kier alpha value is -3.71. The number of nitrogens with zero attached hydrogens (tertiary/aromatic N) is 3. The van der Waals surface area contributed by atoms with E-state index >= 15 is 0 Å². The predicted molar refractivity (Wildman–Crippen MR) is 124 cm³/mol. The summed E-state index contributed by atoms with van der Waals surface area (Å²) in [7, 11) is 0. The second-order valence-corrected chi connectivity index (χ2v) is 8.16. The lowest BCUT2D eigenvalue weighted by Gasteiger charge is -2.26. The zero-order valence-corrected chi connectivity index (χ0v) is 18.2. The van der Waals surface area contributed by atoms with Crippen LogP contribution in [0.25, 0.3) is 16.9 Å². The monoisotopic (exact) mass is 444 g/mol. The summed E-state index contributed by atoms with van der Waals surface area (Å²) in [5.74, 6) is 0.280. The maximum atomic E-state index is 13.5. The first kappa shape index (κ1) is 21.2. The topological polar surface area (TPSA) is 63.3 Å². The van der Waals surface area contributed by atoms with Gasteiger partial charge in [0.2, 0.25) is 0 Å². The van der Waals surface area contributed by atoms with Crippen LogP contribution in [0.1, 0.15) is 35.0 Å². The molecule has 0 bridgehead atoms. The molecule has 2 aromatic carbocycles. The second-order valence-electron chi connectivity index (χ2n) is 8.16. The van der Waals surface area contributed by atoms with Crippen molar-refractivity contribution < 1.29 is 13.6 Å². The van der Waals surface area contributed by atoms with Crippen LogP contribution in [0.5, 0.6) is 0 Å². The van der Waals surface area contributed by atoms with Crippen molar-refractivity contribution in [2.45, 2.75) is 18.9 Å². The maximum Gasteiger partial charge on any atom is 0.255 e. The summed E-state index contributed by atoms with van der Waals surface area (Å²) in [6.07, 6.45) is 5.67. The maximum absolute atomic E-state index is 13.5. The highest BCUT2D eigenvalue weighted by Gasteiger charge is 2.27. The minimum atomic E-state index is -0.334. The van der Waals surface area contributed by atoms with Crippen molar-refractivity contribution in [3.8, 4) is 16.9 Å². The van der Waals surface area contributed by atoms with Gasteiger partial charge in [-0.1, -0.05) is 18.2 Å². The average Bonchev–Trinajstić information content (AvgIpc) is 3.62. The Morgan fingerprint density at radius 2 is 1.79 bits per heavy atom. The molecule has 1 fully saturated rings. The van der Waals surface area contributed by atoms with Gasteiger partial charge in [-0.25, -0.2) is 9.07 Å². The highest BCUT2D eigenvalue weighted by Crippen LogP contribution is 2.27. The fourth-order valence-electron chi connectivity index (χ4n) is 4.30. The number of amides is 1. The summed E-state index contributed by atoms with van der Waals surface area (Å²) in [5.41, 5.74) is 2.46. The van der Waals surface area contributed by atoms with Gasteiger partial charge in [-0.2, -0.15) is 5.10 Å². The van der Waals surface area contributed by atoms with Crippen molar-refractivity contribution in [2.24, 2.45) is 0 Å². The molecular formula is C26H25FN4O2. The van der Waals surface area contributed by atoms with Gasteiger partial charge in [0.25, 0.3) is 5.91 Å². The quantitative estimate of drug-likeness (QED) is 0.443. The molecule has 1 N–H and O–H groups in total. The van der Waals surface area contributed by atoms with Crippen LogP contribution in [0.15, 0.2) is 83.6 Å². The minimum Gasteiger partial charge on any atom is -0.468 e. The molecule has 2 aromatic heterocycles. The third-order valence-corrected chi connectivity index (χ3v) is 6.01. The molecule has 7 heteroatoms. The molecule has 1 aliphatic rings. The third-order valence-electron chi connectivity index (χ3n) is 6.01. The van der Waals surface area contributed by atoms with Gasteiger partial charge in [0.1, 0.15) is 17.3 Å². The molecule has 0 radical (unpaired) electrons. The summed E-state index contributed by atoms with van der Waals surface area (Å²) in [4.78, 5) is 15.7. The fourth-order valence-corrected chi connectivity index (χ4v) is 4.30. The van der Waals surface area contributed by atoms with Crippen LogP contribution >= 0.6 is 0 Å². The number of nitrogens with one attached hydrogen (secondary N) is 1. The molecule has 1 amide bonds. The first-order valence-corrected chi connectivity index (χ1v) is 11.2. The molecule has 3 heterocycles. The third kappa shape index (κ3) is 4.59. The Labute approximate surface area is 191 Å². The van der Waals surface area contributed by atoms with Crippen molar-refractivity contribution in [2.75, 3.05) is 19.6 Å². The predicted octanol–water partition coefficient (Wildman–Crippen LogP) is 4.84. The average molecular weight is 445 g/mol. The van der Waals surface area contributed by atoms with Crippen molar-refractivity contribution in [1.82, 2.24) is 20.0 Å². The van der Waals surface area contributed by atoms with E-state index < -0.39 is 0 Å². The van der Waals surface area contributed by atoms with Crippen LogP contribution < -0.4 is 5.32 Å². The summed E-state index contributed by atoms with van der Waals surface area (Å²) >= 11 is 0. The molecule has 4 aromatic rings. The molecular weight excluding hydrogens is 419 g/mol. The van der Waals surface area contributed by atoms with Crippen LogP contribution in [0, 0.1) is 5.82 Å². The summed E-state index contributed by atoms with van der Waals surface area (Å²) < 4.78 is 20.9. The number of carbonyl (C=O) groups is 1. The highest BCUT2D eigenvalue weighted by atomic mass is 19.1. The van der Waals surface area contributed by atoms with Gasteiger partial charge in [0.15, 0.2) is 0 Å². The van der Waals surface area contributed by atoms with E-state index in [1.807, 2.05) is 42.5 Å². The lowest BCUT2D eigenvalue weighted by atomic mass is 10.1. The Kier molecular flexibility index (Phi) is 6.04. The number of furan rings is 1. The van der Waals surface area contributed by atoms with Crippen molar-refractivity contribution in [3.05, 3.63) is 96.3 Å². The molecule has 1 atom stereocenters. The Morgan fingerprint density at radius 3 is 2.48 bits per heavy atom. The van der Waals surface area contributed by atoms with Crippen LogP contribution in [-0.4, -0.2) is 40.2 Å². The van der Waals surface area contributed by atoms with Crippen LogP contribution in [0.4, 0.5) is 4.39 Å². The van der Waals surface area contributed by atoms with Crippen molar-refractivity contribution in [3.63, 3.8) is 0 Å². The van der Waals surface area contributed by atoms with E-state index in [-0.39, 0.29) is 17.8 Å². The molecule has 0 saturated carbocycles. The van der Waals surface area contributed by atoms with Gasteiger partial charge in [-0.3, -0.25) is 9.69 Å². The smallest absolute Gasteiger partial charge is 0.255 e. The van der Waals surface area contributed by atoms with E-state index in [0.29, 0.717) is 23.4 Å². The van der Waals surface area contributed by atoms with Gasteiger partial charge in [0.05, 0.1) is 23.6 Å². The lowest BCUT2D eigenvalue weighted by molar-refractivity contribution is 0.0934. The van der Waals surface area contributed by atoms with E-state index in [1.54, 1.807) is 29.3 Å². The number of carbonyl (C=O) groups excluding carboxylic acids is 1. The minimum absolute atomic E-state index is 0.0233. The SMILES string of the molecule is O=C(NC[C@H](c1ccco1)N1CCCC1)c1cn(-c2ccccc2)nc1-c1ccc(F)cc1. The van der Waals surface area contributed by atoms with E-state index in [4.69, 9.17) is 4.42 Å². The van der Waals surface area contributed by atoms with Gasteiger partial charge in [0, 0.05) is 18.3 Å². The number of para-hydroxylation sites is 1. The molecule has 168 valence electrons. The Bertz CT molecular complexity index is 1200. The molecule has 1 saturated heterocycles. The number of hydrogen-bond donors (Lipinski definition) is 1. The largest absolute Gasteiger partial charge is 0.468 e. The van der Waals surface area contributed by atoms with Crippen LogP contribution in [0.2, 0.25) is 0 Å². The van der Waals surface area contributed by atoms with E-state index in [1.165, 1.54) is 12.1 Å². The number of likely N-dealkylation sites (tertiary alicyclic amines) is 1. The van der Waals surface area contributed by atoms with E-state index in [9.17, 15) is 9.18 Å². The number of hydrogen-bond acceptors (Lipinski definition) is 4. The second kappa shape index (κ2) is 9.42. The Balaban J connectivity index is 1.43. The molecule has 1 aliphatic heterocycles. The summed E-state index contributed by atoms with van der Waals surface area (Å²) in [6.45, 7) is 2.38. The zero-order chi connectivity index (χ0) is 22.6. The van der Waals surface area contributed by atoms with Crippen molar-refractivity contribution >= 4 is 5.91 Å². The van der Waals surface area contributed by atoms with Crippen LogP contribution in [0.3, 0.4) is 0 Å². The van der Waals surface area contributed by atoms with E-state index in [0.717, 1.165) is 37.4 Å². The van der Waals surface area contributed by atoms with Gasteiger partial charge in [-0.05, 0) is 74.5 Å². The molecule has 5 rings (SSSR count). The highest BCUT2D eigenvalue weighted by molar-refractivity contribution is 6.00. The Morgan fingerprint density at radius 1 is 1.03 bits per heavy atom. The number of benzene rings is 2. The zero-order valence-electron chi connectivity index (χ0n) is 18.2. The van der Waals surface area contributed by atoms with Gasteiger partial charge in [-0.15, -0.1) is 0 Å². The first-order valence-electron chi connectivity index (χ1n) is 11.2. The lowest BCUT2D eigenvalue weighted by Crippen LogP contribution is -2.36. The van der Waals surface area contributed by atoms with Crippen LogP contribution in [-0.2, 0) is 0 Å². The van der Waals surface area contributed by atoms with E-state index in [2.05, 4.69) is 15.3 Å². The summed E-state index contributed by atoms with van der Waals surface area (Å²) in [6, 6.07) is 19.4. The molecule has 33 heavy (non-hydrogen) atoms. The van der Waals surface area contributed by atoms with Crippen molar-refractivity contribution in [1.29, 1.82) is 0 Å². The fraction of sp³-hybridized carbons (Fsp3) is 0.231. The van der Waals surface area contributed by atoms with Gasteiger partial charge >= 0.3 is 0 Å². The standard InChI is InChI=1S/C26H25FN4O2/c27-20-12-10-19(11-13-20)25-22(18-31(29-25)21-7-2-1-3-8-21)26(32)28-17-23(24-9-6-16-33-24)30-14-4-5-15-30/h1-3,6-13,16,18,23H,4-5,14-15,17H2,(H,28,32)/t23-/m1/s1. The molecule has 0 aliphatic carbocycles. The normalized spacial score (nSPS) is 14.9. The number of halogens is 1. The molecule has 0 unspecified atom stereocenters. The van der Waals surface area contributed by atoms with Gasteiger partial charge < -0.3 is 9.73 Å². The number of aromatic nitrogens is 2. The molecule has 6 nitrogen and oxygen atoms in total. The summed E-state index contributed by atoms with van der Waals surface area (Å²) in [5, 5.41) is 7.74.